The van der Waals surface area contributed by atoms with Gasteiger partial charge in [-0.1, -0.05) is 19.0 Å². The Bertz CT molecular complexity index is 1030. The third kappa shape index (κ3) is 3.16. The van der Waals surface area contributed by atoms with E-state index in [-0.39, 0.29) is 17.7 Å². The fourth-order valence-electron chi connectivity index (χ4n) is 3.89. The van der Waals surface area contributed by atoms with Gasteiger partial charge in [0.25, 0.3) is 5.91 Å². The number of nitrogens with zero attached hydrogens (tertiary/aromatic N) is 6. The Morgan fingerprint density at radius 1 is 1.21 bits per heavy atom. The average Bonchev–Trinajstić information content (AvgIpc) is 3.26. The predicted molar refractivity (Wildman–Crippen MR) is 104 cm³/mol. The van der Waals surface area contributed by atoms with E-state index < -0.39 is 0 Å². The Hall–Kier alpha value is -2.77. The van der Waals surface area contributed by atoms with Gasteiger partial charge in [0.1, 0.15) is 0 Å². The van der Waals surface area contributed by atoms with Gasteiger partial charge >= 0.3 is 0 Å². The molecule has 0 N–H and O–H groups in total. The monoisotopic (exact) mass is 382 g/mol. The molecule has 1 saturated heterocycles. The molecular weight excluding hydrogens is 356 g/mol. The molecule has 1 amide bonds. The number of rotatable bonds is 3. The van der Waals surface area contributed by atoms with Crippen LogP contribution in [-0.4, -0.2) is 48.8 Å². The summed E-state index contributed by atoms with van der Waals surface area (Å²) >= 11 is 0. The van der Waals surface area contributed by atoms with Gasteiger partial charge in [-0.15, -0.1) is 0 Å². The molecule has 1 aliphatic heterocycles. The summed E-state index contributed by atoms with van der Waals surface area (Å²) in [4.78, 5) is 24.3. The van der Waals surface area contributed by atoms with Crippen molar-refractivity contribution in [3.05, 3.63) is 34.7 Å². The summed E-state index contributed by atoms with van der Waals surface area (Å²) < 4.78 is 7.19. The van der Waals surface area contributed by atoms with Gasteiger partial charge in [0, 0.05) is 37.7 Å². The number of aryl methyl sites for hydroxylation is 3. The number of carbonyl (C=O) groups is 1. The minimum atomic E-state index is 0.0402. The van der Waals surface area contributed by atoms with Crippen LogP contribution < -0.4 is 0 Å². The molecule has 0 atom stereocenters. The van der Waals surface area contributed by atoms with Gasteiger partial charge in [0.2, 0.25) is 5.89 Å². The normalized spacial score (nSPS) is 15.7. The molecule has 0 aromatic carbocycles. The highest BCUT2D eigenvalue weighted by Gasteiger charge is 2.30. The summed E-state index contributed by atoms with van der Waals surface area (Å²) in [6.07, 6.45) is 1.65. The third-order valence-electron chi connectivity index (χ3n) is 5.43. The van der Waals surface area contributed by atoms with Crippen molar-refractivity contribution in [1.29, 1.82) is 0 Å². The van der Waals surface area contributed by atoms with Crippen molar-refractivity contribution in [2.75, 3.05) is 13.1 Å². The molecule has 1 fully saturated rings. The highest BCUT2D eigenvalue weighted by Crippen LogP contribution is 2.30. The van der Waals surface area contributed by atoms with Crippen LogP contribution in [0.25, 0.3) is 11.0 Å². The second kappa shape index (κ2) is 7.00. The highest BCUT2D eigenvalue weighted by atomic mass is 16.5. The Morgan fingerprint density at radius 3 is 2.57 bits per heavy atom. The fourth-order valence-corrected chi connectivity index (χ4v) is 3.89. The number of carbonyl (C=O) groups excluding carboxylic acids is 1. The molecule has 4 rings (SSSR count). The lowest BCUT2D eigenvalue weighted by atomic mass is 9.96. The van der Waals surface area contributed by atoms with Crippen molar-refractivity contribution >= 4 is 16.9 Å². The van der Waals surface area contributed by atoms with E-state index in [2.05, 4.69) is 20.2 Å². The van der Waals surface area contributed by atoms with Crippen LogP contribution in [0.4, 0.5) is 0 Å². The van der Waals surface area contributed by atoms with Gasteiger partial charge in [-0.2, -0.15) is 10.1 Å². The summed E-state index contributed by atoms with van der Waals surface area (Å²) in [6, 6.07) is 1.87. The maximum atomic E-state index is 13.3. The summed E-state index contributed by atoms with van der Waals surface area (Å²) in [5.74, 6) is 1.94. The maximum absolute atomic E-state index is 13.3. The first-order valence-corrected chi connectivity index (χ1v) is 9.79. The molecule has 0 unspecified atom stereocenters. The molecule has 0 saturated carbocycles. The van der Waals surface area contributed by atoms with E-state index >= 15 is 0 Å². The lowest BCUT2D eigenvalue weighted by Gasteiger charge is -2.30. The van der Waals surface area contributed by atoms with Crippen molar-refractivity contribution in [3.63, 3.8) is 0 Å². The van der Waals surface area contributed by atoms with Crippen molar-refractivity contribution in [3.8, 4) is 0 Å². The number of piperidine rings is 1. The smallest absolute Gasteiger partial charge is 0.254 e. The number of hydrogen-bond acceptors (Lipinski definition) is 6. The molecule has 148 valence electrons. The Morgan fingerprint density at radius 2 is 1.93 bits per heavy atom. The van der Waals surface area contributed by atoms with Crippen LogP contribution >= 0.6 is 0 Å². The number of aromatic nitrogens is 5. The lowest BCUT2D eigenvalue weighted by Crippen LogP contribution is -2.38. The van der Waals surface area contributed by atoms with Gasteiger partial charge in [-0.25, -0.2) is 4.98 Å². The van der Waals surface area contributed by atoms with E-state index in [0.717, 1.165) is 41.1 Å². The van der Waals surface area contributed by atoms with Crippen LogP contribution in [0, 0.1) is 13.8 Å². The Kier molecular flexibility index (Phi) is 4.64. The number of fused-ring (bicyclic) bond motifs is 1. The van der Waals surface area contributed by atoms with E-state index in [9.17, 15) is 4.79 Å². The summed E-state index contributed by atoms with van der Waals surface area (Å²) in [7, 11) is 1.86. The molecule has 0 spiro atoms. The van der Waals surface area contributed by atoms with Crippen molar-refractivity contribution < 1.29 is 9.32 Å². The molecule has 4 heterocycles. The highest BCUT2D eigenvalue weighted by molar-refractivity contribution is 6.06. The Balaban J connectivity index is 1.54. The molecule has 3 aromatic rings. The molecule has 3 aromatic heterocycles. The van der Waals surface area contributed by atoms with Gasteiger partial charge < -0.3 is 9.42 Å². The van der Waals surface area contributed by atoms with E-state index in [4.69, 9.17) is 4.52 Å². The van der Waals surface area contributed by atoms with E-state index in [1.54, 1.807) is 4.68 Å². The number of hydrogen-bond donors (Lipinski definition) is 0. The Labute approximate surface area is 163 Å². The standard InChI is InChI=1S/C20H26N6O2/c1-11(2)17-22-19(28-24-17)14-6-8-26(9-7-14)20(27)15-10-12(3)21-18-16(15)13(4)23-25(18)5/h10-11,14H,6-9H2,1-5H3. The summed E-state index contributed by atoms with van der Waals surface area (Å²) in [5.41, 5.74) is 3.09. The topological polar surface area (TPSA) is 89.9 Å². The second-order valence-electron chi connectivity index (χ2n) is 7.93. The van der Waals surface area contributed by atoms with Gasteiger partial charge in [0.15, 0.2) is 11.5 Å². The molecule has 1 aliphatic rings. The molecule has 0 bridgehead atoms. The second-order valence-corrected chi connectivity index (χ2v) is 7.93. The fraction of sp³-hybridized carbons (Fsp3) is 0.550. The van der Waals surface area contributed by atoms with Crippen LogP contribution in [0.3, 0.4) is 0 Å². The van der Waals surface area contributed by atoms with Crippen LogP contribution in [-0.2, 0) is 7.05 Å². The molecule has 0 aliphatic carbocycles. The number of pyridine rings is 1. The summed E-state index contributed by atoms with van der Waals surface area (Å²) in [6.45, 7) is 9.27. The maximum Gasteiger partial charge on any atom is 0.254 e. The summed E-state index contributed by atoms with van der Waals surface area (Å²) in [5, 5.41) is 9.36. The molecule has 28 heavy (non-hydrogen) atoms. The van der Waals surface area contributed by atoms with Crippen molar-refractivity contribution in [2.45, 2.75) is 52.4 Å². The molecule has 8 nitrogen and oxygen atoms in total. The van der Waals surface area contributed by atoms with Crippen molar-refractivity contribution in [2.24, 2.45) is 7.05 Å². The molecule has 8 heteroatoms. The zero-order valence-corrected chi connectivity index (χ0v) is 17.1. The van der Waals surface area contributed by atoms with Crippen LogP contribution in [0.15, 0.2) is 10.6 Å². The number of likely N-dealkylation sites (tertiary alicyclic amines) is 1. The quantitative estimate of drug-likeness (QED) is 0.691. The van der Waals surface area contributed by atoms with Crippen LogP contribution in [0.2, 0.25) is 0 Å². The van der Waals surface area contributed by atoms with E-state index in [0.29, 0.717) is 24.5 Å². The van der Waals surface area contributed by atoms with Crippen molar-refractivity contribution in [1.82, 2.24) is 29.8 Å². The molecule has 0 radical (unpaired) electrons. The van der Waals surface area contributed by atoms with Crippen LogP contribution in [0.1, 0.15) is 72.0 Å². The largest absolute Gasteiger partial charge is 0.339 e. The predicted octanol–water partition coefficient (Wildman–Crippen LogP) is 3.11. The minimum absolute atomic E-state index is 0.0402. The first-order chi connectivity index (χ1) is 13.3. The molecular formula is C20H26N6O2. The SMILES string of the molecule is Cc1cc(C(=O)N2CCC(c3nc(C(C)C)no3)CC2)c2c(C)nn(C)c2n1. The average molecular weight is 382 g/mol. The third-order valence-corrected chi connectivity index (χ3v) is 5.43. The first-order valence-electron chi connectivity index (χ1n) is 9.79. The van der Waals surface area contributed by atoms with Gasteiger partial charge in [0.05, 0.1) is 16.6 Å². The minimum Gasteiger partial charge on any atom is -0.339 e. The number of amides is 1. The van der Waals surface area contributed by atoms with Gasteiger partial charge in [-0.05, 0) is 32.8 Å². The van der Waals surface area contributed by atoms with Crippen LogP contribution in [0.5, 0.6) is 0 Å². The van der Waals surface area contributed by atoms with E-state index in [1.165, 1.54) is 0 Å². The van der Waals surface area contributed by atoms with E-state index in [1.807, 2.05) is 45.7 Å². The van der Waals surface area contributed by atoms with Gasteiger partial charge in [-0.3, -0.25) is 9.48 Å². The first kappa shape index (κ1) is 18.6. The lowest BCUT2D eigenvalue weighted by molar-refractivity contribution is 0.0706. The zero-order valence-electron chi connectivity index (χ0n) is 17.1. The zero-order chi connectivity index (χ0) is 20.0.